The Labute approximate surface area is 259 Å². The second-order valence-corrected chi connectivity index (χ2v) is 11.8. The Morgan fingerprint density at radius 2 is 1.84 bits per heavy atom. The van der Waals surface area contributed by atoms with Crippen LogP contribution in [-0.2, 0) is 27.2 Å². The molecule has 44 heavy (non-hydrogen) atoms. The molecule has 0 aromatic heterocycles. The van der Waals surface area contributed by atoms with E-state index in [9.17, 15) is 14.7 Å². The summed E-state index contributed by atoms with van der Waals surface area (Å²) < 4.78 is 22.7. The third-order valence-corrected chi connectivity index (χ3v) is 8.88. The number of nitrogens with zero attached hydrogens (tertiary/aromatic N) is 1. The van der Waals surface area contributed by atoms with Gasteiger partial charge in [0.05, 0.1) is 26.2 Å². The summed E-state index contributed by atoms with van der Waals surface area (Å²) in [7, 11) is 1.56. The Morgan fingerprint density at radius 3 is 2.45 bits per heavy atom. The van der Waals surface area contributed by atoms with E-state index < -0.39 is 23.8 Å². The van der Waals surface area contributed by atoms with Gasteiger partial charge < -0.3 is 29.4 Å². The van der Waals surface area contributed by atoms with Gasteiger partial charge in [0, 0.05) is 24.2 Å². The fraction of sp³-hybridized carbons (Fsp3) is 0.486. The van der Waals surface area contributed by atoms with Crippen molar-refractivity contribution in [3.63, 3.8) is 0 Å². The lowest BCUT2D eigenvalue weighted by molar-refractivity contribution is -0.143. The van der Waals surface area contributed by atoms with Crippen molar-refractivity contribution in [1.29, 1.82) is 0 Å². The molecule has 5 rings (SSSR count). The highest BCUT2D eigenvalue weighted by atomic mass is 16.7. The zero-order valence-electron chi connectivity index (χ0n) is 26.4. The number of amides is 1. The number of benzene rings is 2. The number of rotatable bonds is 12. The average molecular weight is 605 g/mol. The van der Waals surface area contributed by atoms with Crippen LogP contribution in [0.1, 0.15) is 61.8 Å². The van der Waals surface area contributed by atoms with Crippen molar-refractivity contribution in [3.05, 3.63) is 70.5 Å². The molecule has 2 aromatic rings. The summed E-state index contributed by atoms with van der Waals surface area (Å²) in [5, 5.41) is 13.9. The highest BCUT2D eigenvalue weighted by Crippen LogP contribution is 2.48. The van der Waals surface area contributed by atoms with Crippen molar-refractivity contribution < 1.29 is 33.6 Å². The largest absolute Gasteiger partial charge is 0.494 e. The Kier molecular flexibility index (Phi) is 9.84. The molecular formula is C35H44N2O7. The monoisotopic (exact) mass is 604 g/mol. The molecule has 4 atom stereocenters. The third-order valence-electron chi connectivity index (χ3n) is 8.88. The first-order chi connectivity index (χ1) is 21.3. The van der Waals surface area contributed by atoms with E-state index in [0.29, 0.717) is 36.8 Å². The van der Waals surface area contributed by atoms with Gasteiger partial charge in [0.2, 0.25) is 18.4 Å². The number of methoxy groups -OCH3 is 1. The van der Waals surface area contributed by atoms with Gasteiger partial charge in [-0.1, -0.05) is 44.5 Å². The molecule has 3 aliphatic rings. The van der Waals surface area contributed by atoms with Crippen molar-refractivity contribution in [3.8, 4) is 17.2 Å². The number of fused-ring (bicyclic) bond motifs is 1. The number of carboxylic acids is 1. The maximum Gasteiger partial charge on any atom is 0.308 e. The van der Waals surface area contributed by atoms with Crippen molar-refractivity contribution >= 4 is 17.6 Å². The molecule has 2 aliphatic heterocycles. The molecule has 0 saturated carbocycles. The summed E-state index contributed by atoms with van der Waals surface area (Å²) in [6.45, 7) is 9.47. The highest BCUT2D eigenvalue weighted by molar-refractivity contribution is 5.94. The summed E-state index contributed by atoms with van der Waals surface area (Å²) in [4.78, 5) is 28.9. The molecule has 2 heterocycles. The third kappa shape index (κ3) is 6.43. The topological polar surface area (TPSA) is 107 Å². The number of carbonyl (C=O) groups is 2. The van der Waals surface area contributed by atoms with Crippen LogP contribution in [0.5, 0.6) is 17.2 Å². The van der Waals surface area contributed by atoms with Gasteiger partial charge in [0.1, 0.15) is 5.76 Å². The van der Waals surface area contributed by atoms with Crippen molar-refractivity contribution in [2.24, 2.45) is 11.8 Å². The van der Waals surface area contributed by atoms with Gasteiger partial charge in [-0.25, -0.2) is 0 Å². The quantitative estimate of drug-likeness (QED) is 0.311. The Hall–Kier alpha value is -3.98. The number of allylic oxidation sites excluding steroid dienone is 2. The van der Waals surface area contributed by atoms with Gasteiger partial charge in [-0.3, -0.25) is 14.5 Å². The molecule has 236 valence electrons. The van der Waals surface area contributed by atoms with Crippen molar-refractivity contribution in [2.45, 2.75) is 65.3 Å². The molecular weight excluding hydrogens is 560 g/mol. The first kappa shape index (κ1) is 31.4. The predicted octanol–water partition coefficient (Wildman–Crippen LogP) is 5.85. The second-order valence-electron chi connectivity index (χ2n) is 11.8. The minimum Gasteiger partial charge on any atom is -0.494 e. The first-order valence-corrected chi connectivity index (χ1v) is 15.7. The predicted molar refractivity (Wildman–Crippen MR) is 168 cm³/mol. The minimum atomic E-state index is -0.898. The number of ether oxygens (including phenoxy) is 4. The normalized spacial score (nSPS) is 22.5. The Balaban J connectivity index is 1.47. The fourth-order valence-corrected chi connectivity index (χ4v) is 6.88. The van der Waals surface area contributed by atoms with E-state index in [-0.39, 0.29) is 25.2 Å². The van der Waals surface area contributed by atoms with Crippen LogP contribution in [0.15, 0.2) is 48.3 Å². The van der Waals surface area contributed by atoms with E-state index in [1.54, 1.807) is 7.11 Å². The minimum absolute atomic E-state index is 0.0695. The zero-order valence-corrected chi connectivity index (χ0v) is 26.4. The number of carboxylic acid groups (broad SMARTS) is 1. The molecule has 2 N–H and O–H groups in total. The summed E-state index contributed by atoms with van der Waals surface area (Å²) >= 11 is 0. The number of carbonyl (C=O) groups excluding carboxylic acids is 1. The lowest BCUT2D eigenvalue weighted by Gasteiger charge is -2.33. The molecule has 1 amide bonds. The smallest absolute Gasteiger partial charge is 0.308 e. The number of aliphatic carboxylic acids is 1. The maximum atomic E-state index is 13.8. The molecule has 9 nitrogen and oxygen atoms in total. The van der Waals surface area contributed by atoms with E-state index in [2.05, 4.69) is 45.1 Å². The molecule has 1 aliphatic carbocycles. The van der Waals surface area contributed by atoms with Gasteiger partial charge in [0.15, 0.2) is 11.5 Å². The number of anilines is 1. The number of nitrogens with one attached hydrogen (secondary N) is 1. The number of hydrogen-bond acceptors (Lipinski definition) is 7. The summed E-state index contributed by atoms with van der Waals surface area (Å²) in [5.41, 5.74) is 5.02. The molecule has 1 saturated heterocycles. The van der Waals surface area contributed by atoms with Crippen LogP contribution in [0.2, 0.25) is 0 Å². The summed E-state index contributed by atoms with van der Waals surface area (Å²) in [5.74, 6) is 0.0144. The second kappa shape index (κ2) is 13.8. The summed E-state index contributed by atoms with van der Waals surface area (Å²) in [6, 6.07) is 7.51. The van der Waals surface area contributed by atoms with Gasteiger partial charge >= 0.3 is 5.97 Å². The van der Waals surface area contributed by atoms with Crippen LogP contribution in [0.3, 0.4) is 0 Å². The Bertz CT molecular complexity index is 1420. The fourth-order valence-electron chi connectivity index (χ4n) is 6.88. The lowest BCUT2D eigenvalue weighted by Crippen LogP contribution is -2.44. The van der Waals surface area contributed by atoms with Crippen LogP contribution >= 0.6 is 0 Å². The van der Waals surface area contributed by atoms with E-state index in [1.807, 2.05) is 35.3 Å². The van der Waals surface area contributed by atoms with Crippen molar-refractivity contribution in [2.75, 3.05) is 38.9 Å². The van der Waals surface area contributed by atoms with Crippen LogP contribution in [0.25, 0.3) is 0 Å². The molecule has 0 bridgehead atoms. The average Bonchev–Trinajstić information content (AvgIpc) is 3.65. The van der Waals surface area contributed by atoms with E-state index in [1.165, 1.54) is 5.56 Å². The van der Waals surface area contributed by atoms with Gasteiger partial charge in [-0.15, -0.1) is 0 Å². The summed E-state index contributed by atoms with van der Waals surface area (Å²) in [6.07, 6.45) is 9.14. The van der Waals surface area contributed by atoms with Crippen LogP contribution in [-0.4, -0.2) is 61.5 Å². The van der Waals surface area contributed by atoms with Crippen molar-refractivity contribution in [1.82, 2.24) is 4.90 Å². The lowest BCUT2D eigenvalue weighted by atomic mass is 9.78. The number of aryl methyl sites for hydroxylation is 3. The van der Waals surface area contributed by atoms with Crippen LogP contribution in [0, 0.1) is 18.8 Å². The van der Waals surface area contributed by atoms with E-state index in [0.717, 1.165) is 47.4 Å². The number of hydrogen-bond donors (Lipinski definition) is 2. The van der Waals surface area contributed by atoms with Gasteiger partial charge in [-0.2, -0.15) is 0 Å². The standard InChI is InChI=1S/C35H44N2O7/c1-6-13-42-26-11-9-24(10-12-26)33-31(35(39)40)27(25-16-28(41-5)34-29(17-25)43-20-44-34)18-37(33)19-30(38)36-32-22(7-2)14-21(4)15-23(32)8-3/h9,11-12,14-17,24,27,31,33H,6-8,10,13,18-20H2,1-5H3,(H,36,38)(H,39,40)/t24?,27-,31-,33+/m1/s1. The van der Waals surface area contributed by atoms with E-state index >= 15 is 0 Å². The molecule has 1 unspecified atom stereocenters. The zero-order chi connectivity index (χ0) is 31.4. The van der Waals surface area contributed by atoms with Crippen LogP contribution in [0.4, 0.5) is 5.69 Å². The molecule has 0 spiro atoms. The SMILES string of the molecule is CCCOC1=CCC([C@H]2[C@H](C(=O)O)[C@@H](c3cc(OC)c4c(c3)OCO4)CN2CC(=O)Nc2c(CC)cc(C)cc2CC)C=C1. The van der Waals surface area contributed by atoms with Crippen LogP contribution < -0.4 is 19.5 Å². The molecule has 2 aromatic carbocycles. The number of likely N-dealkylation sites (tertiary alicyclic amines) is 1. The molecule has 9 heteroatoms. The van der Waals surface area contributed by atoms with E-state index in [4.69, 9.17) is 18.9 Å². The Morgan fingerprint density at radius 1 is 1.09 bits per heavy atom. The van der Waals surface area contributed by atoms with Gasteiger partial charge in [0.25, 0.3) is 0 Å². The first-order valence-electron chi connectivity index (χ1n) is 15.7. The maximum absolute atomic E-state index is 13.8. The highest BCUT2D eigenvalue weighted by Gasteiger charge is 2.50. The molecule has 0 radical (unpaired) electrons. The van der Waals surface area contributed by atoms with Gasteiger partial charge in [-0.05, 0) is 79.5 Å². The molecule has 1 fully saturated rings.